The van der Waals surface area contributed by atoms with Crippen molar-refractivity contribution in [2.45, 2.75) is 50.4 Å². The molecule has 11 heteroatoms. The van der Waals surface area contributed by atoms with Crippen molar-refractivity contribution in [2.75, 3.05) is 32.8 Å². The molecule has 310 valence electrons. The summed E-state index contributed by atoms with van der Waals surface area (Å²) in [6.45, 7) is 3.45. The van der Waals surface area contributed by atoms with Crippen LogP contribution in [0.1, 0.15) is 70.0 Å². The summed E-state index contributed by atoms with van der Waals surface area (Å²) in [6, 6.07) is 39.4. The number of aliphatic hydroxyl groups excluding tert-OH is 1. The van der Waals surface area contributed by atoms with Crippen molar-refractivity contribution in [2.24, 2.45) is 5.92 Å². The van der Waals surface area contributed by atoms with E-state index in [9.17, 15) is 29.7 Å². The molecule has 0 saturated carbocycles. The zero-order valence-electron chi connectivity index (χ0n) is 33.5. The second kappa shape index (κ2) is 19.7. The van der Waals surface area contributed by atoms with Gasteiger partial charge in [0.25, 0.3) is 5.91 Å². The fraction of sp³-hybridized carbons (Fsp3) is 0.286. The van der Waals surface area contributed by atoms with Crippen LogP contribution in [0.25, 0.3) is 10.9 Å². The number of amides is 1. The average Bonchev–Trinajstić information content (AvgIpc) is 3.73. The van der Waals surface area contributed by atoms with Crippen molar-refractivity contribution in [1.82, 2.24) is 15.2 Å². The number of ether oxygens (including phenoxy) is 2. The number of phenolic OH excluding ortho intramolecular Hbond substituents is 1. The highest BCUT2D eigenvalue weighted by Gasteiger charge is 2.42. The van der Waals surface area contributed by atoms with Gasteiger partial charge >= 0.3 is 5.97 Å². The number of hydrogen-bond donors (Lipinski definition) is 5. The van der Waals surface area contributed by atoms with E-state index in [0.717, 1.165) is 31.6 Å². The summed E-state index contributed by atoms with van der Waals surface area (Å²) in [5, 5.41) is 36.7. The van der Waals surface area contributed by atoms with E-state index in [1.54, 1.807) is 72.8 Å². The Hall–Kier alpha value is -6.27. The molecule has 6 aromatic rings. The van der Waals surface area contributed by atoms with Gasteiger partial charge in [-0.1, -0.05) is 91.0 Å². The number of aliphatic hydroxyl groups is 2. The Bertz CT molecular complexity index is 2420. The lowest BCUT2D eigenvalue weighted by atomic mass is 9.86. The number of aromatic hydroxyl groups is 1. The van der Waals surface area contributed by atoms with Crippen LogP contribution >= 0.6 is 0 Å². The molecule has 1 amide bonds. The van der Waals surface area contributed by atoms with Crippen molar-refractivity contribution in [3.05, 3.63) is 177 Å². The molecule has 1 saturated heterocycles. The summed E-state index contributed by atoms with van der Waals surface area (Å²) in [6.07, 6.45) is 2.51. The van der Waals surface area contributed by atoms with E-state index in [4.69, 9.17) is 9.47 Å². The van der Waals surface area contributed by atoms with Gasteiger partial charge < -0.3 is 35.1 Å². The molecule has 1 aliphatic heterocycles. The molecule has 5 aromatic carbocycles. The molecule has 11 nitrogen and oxygen atoms in total. The molecular weight excluding hydrogens is 759 g/mol. The van der Waals surface area contributed by atoms with Gasteiger partial charge in [-0.3, -0.25) is 14.5 Å². The molecule has 1 aromatic heterocycles. The van der Waals surface area contributed by atoms with Gasteiger partial charge in [-0.15, -0.1) is 0 Å². The van der Waals surface area contributed by atoms with Crippen molar-refractivity contribution in [3.8, 4) is 11.5 Å². The van der Waals surface area contributed by atoms with Gasteiger partial charge in [0.05, 0.1) is 24.8 Å². The van der Waals surface area contributed by atoms with Gasteiger partial charge in [0, 0.05) is 48.1 Å². The number of nitrogens with zero attached hydrogens (tertiary/aromatic N) is 1. The van der Waals surface area contributed by atoms with Crippen LogP contribution < -0.4 is 15.6 Å². The first kappa shape index (κ1) is 41.9. The largest absolute Gasteiger partial charge is 0.506 e. The summed E-state index contributed by atoms with van der Waals surface area (Å²) in [5.41, 5.74) is 2.12. The second-order valence-electron chi connectivity index (χ2n) is 15.4. The maximum absolute atomic E-state index is 13.8. The van der Waals surface area contributed by atoms with Crippen molar-refractivity contribution >= 4 is 22.8 Å². The number of hydrogen-bond acceptors (Lipinski definition) is 9. The number of rotatable bonds is 18. The normalized spacial score (nSPS) is 15.6. The molecular formula is C49H51N3O8. The topological polar surface area (TPSA) is 161 Å². The number of aryl methyl sites for hydroxylation is 1. The minimum Gasteiger partial charge on any atom is -0.506 e. The molecule has 7 rings (SSSR count). The van der Waals surface area contributed by atoms with Gasteiger partial charge in [-0.25, -0.2) is 4.79 Å². The van der Waals surface area contributed by atoms with E-state index < -0.39 is 17.7 Å². The number of carbonyl (C=O) groups excluding carboxylic acids is 2. The monoisotopic (exact) mass is 809 g/mol. The van der Waals surface area contributed by atoms with Crippen LogP contribution in [-0.4, -0.2) is 69.9 Å². The molecule has 1 aliphatic rings. The molecule has 5 N–H and O–H groups in total. The summed E-state index contributed by atoms with van der Waals surface area (Å²) < 4.78 is 11.9. The zero-order valence-corrected chi connectivity index (χ0v) is 33.5. The number of H-pyrrole nitrogens is 1. The van der Waals surface area contributed by atoms with E-state index in [1.165, 1.54) is 17.7 Å². The molecule has 0 spiro atoms. The molecule has 0 unspecified atom stereocenters. The summed E-state index contributed by atoms with van der Waals surface area (Å²) in [5.74, 6) is -0.342. The first-order valence-corrected chi connectivity index (χ1v) is 20.5. The fourth-order valence-corrected chi connectivity index (χ4v) is 7.82. The van der Waals surface area contributed by atoms with Crippen molar-refractivity contribution in [3.63, 3.8) is 0 Å². The molecule has 3 atom stereocenters. The van der Waals surface area contributed by atoms with Gasteiger partial charge in [-0.2, -0.15) is 0 Å². The Morgan fingerprint density at radius 3 is 2.38 bits per heavy atom. The maximum atomic E-state index is 13.8. The van der Waals surface area contributed by atoms with Crippen LogP contribution in [0.3, 0.4) is 0 Å². The van der Waals surface area contributed by atoms with E-state index in [1.807, 2.05) is 36.4 Å². The highest BCUT2D eigenvalue weighted by molar-refractivity contribution is 5.94. The number of likely N-dealkylation sites (tertiary alicyclic amines) is 1. The highest BCUT2D eigenvalue weighted by Crippen LogP contribution is 2.34. The van der Waals surface area contributed by atoms with Gasteiger partial charge in [0.2, 0.25) is 11.2 Å². The number of nitrogens with one attached hydrogen (secondary N) is 2. The number of carbonyl (C=O) groups is 2. The highest BCUT2D eigenvalue weighted by atomic mass is 16.5. The van der Waals surface area contributed by atoms with E-state index in [-0.39, 0.29) is 29.7 Å². The zero-order chi connectivity index (χ0) is 41.9. The number of benzene rings is 5. The maximum Gasteiger partial charge on any atom is 0.347 e. The lowest BCUT2D eigenvalue weighted by Crippen LogP contribution is -2.39. The summed E-state index contributed by atoms with van der Waals surface area (Å²) >= 11 is 0. The number of pyridine rings is 1. The molecule has 0 bridgehead atoms. The first-order chi connectivity index (χ1) is 29.2. The Morgan fingerprint density at radius 1 is 0.850 bits per heavy atom. The van der Waals surface area contributed by atoms with E-state index >= 15 is 0 Å². The number of esters is 1. The third-order valence-electron chi connectivity index (χ3n) is 11.1. The van der Waals surface area contributed by atoms with Crippen LogP contribution in [0.2, 0.25) is 0 Å². The predicted molar refractivity (Wildman–Crippen MR) is 230 cm³/mol. The Labute approximate surface area is 349 Å². The molecule has 0 radical (unpaired) electrons. The fourth-order valence-electron chi connectivity index (χ4n) is 7.82. The quantitative estimate of drug-likeness (QED) is 0.0465. The summed E-state index contributed by atoms with van der Waals surface area (Å²) in [7, 11) is 0. The SMILES string of the molecule is O=C(NCCCOc1cccc([C@](O)(C(=O)OC[C@H]2CCN(Cc3ccccc3)C2)c2ccccc2)c1)c1ccc(CCC[C@H](O)c2ccc(O)c3[nH]c(=O)ccc23)cc1. The minimum atomic E-state index is -2.04. The number of aromatic amines is 1. The van der Waals surface area contributed by atoms with Gasteiger partial charge in [0.15, 0.2) is 0 Å². The molecule has 0 aliphatic carbocycles. The number of fused-ring (bicyclic) bond motifs is 1. The third kappa shape index (κ3) is 10.3. The van der Waals surface area contributed by atoms with Crippen LogP contribution in [-0.2, 0) is 28.1 Å². The lowest BCUT2D eigenvalue weighted by Gasteiger charge is -2.28. The molecule has 1 fully saturated rings. The Balaban J connectivity index is 0.861. The van der Waals surface area contributed by atoms with Crippen molar-refractivity contribution in [1.29, 1.82) is 0 Å². The van der Waals surface area contributed by atoms with Crippen molar-refractivity contribution < 1.29 is 34.4 Å². The number of phenols is 1. The van der Waals surface area contributed by atoms with Crippen LogP contribution in [0, 0.1) is 5.92 Å². The molecule has 2 heterocycles. The van der Waals surface area contributed by atoms with E-state index in [0.29, 0.717) is 77.7 Å². The third-order valence-corrected chi connectivity index (χ3v) is 11.1. The standard InChI is InChI=1S/C49H51N3O8/c53-43(41-22-24-44(54)46-42(41)23-25-45(55)51-46)17-7-12-34-18-20-37(21-19-34)47(56)50-27-9-29-59-40-16-8-15-39(30-40)49(58,38-13-5-2-6-14-38)48(57)60-33-36-26-28-52(32-36)31-35-10-3-1-4-11-35/h1-6,8,10-11,13-16,18-25,30,36,43,53-54,58H,7,9,12,17,26-29,31-33H2,(H,50,56)(H,51,55)/t36-,43-,49-/m0/s1. The smallest absolute Gasteiger partial charge is 0.347 e. The second-order valence-corrected chi connectivity index (χ2v) is 15.4. The van der Waals surface area contributed by atoms with Gasteiger partial charge in [-0.05, 0) is 97.3 Å². The molecule has 60 heavy (non-hydrogen) atoms. The average molecular weight is 810 g/mol. The van der Waals surface area contributed by atoms with E-state index in [2.05, 4.69) is 27.3 Å². The lowest BCUT2D eigenvalue weighted by molar-refractivity contribution is -0.163. The Kier molecular flexibility index (Phi) is 13.7. The minimum absolute atomic E-state index is 0.0469. The van der Waals surface area contributed by atoms with Crippen LogP contribution in [0.4, 0.5) is 0 Å². The van der Waals surface area contributed by atoms with Crippen LogP contribution in [0.15, 0.2) is 138 Å². The number of aromatic nitrogens is 1. The predicted octanol–water partition coefficient (Wildman–Crippen LogP) is 6.79. The summed E-state index contributed by atoms with van der Waals surface area (Å²) in [4.78, 5) is 43.4. The first-order valence-electron chi connectivity index (χ1n) is 20.5. The van der Waals surface area contributed by atoms with Gasteiger partial charge in [0.1, 0.15) is 11.5 Å². The Morgan fingerprint density at radius 2 is 1.60 bits per heavy atom. The van der Waals surface area contributed by atoms with Crippen LogP contribution in [0.5, 0.6) is 11.5 Å².